The van der Waals surface area contributed by atoms with E-state index in [1.165, 1.54) is 20.9 Å². The van der Waals surface area contributed by atoms with Crippen molar-refractivity contribution in [1.29, 1.82) is 0 Å². The molecular weight excluding hydrogens is 514 g/mol. The molecule has 2 N–H and O–H groups in total. The number of ether oxygens (including phenoxy) is 4. The van der Waals surface area contributed by atoms with Crippen LogP contribution < -0.4 is 0 Å². The van der Waals surface area contributed by atoms with Crippen molar-refractivity contribution in [1.82, 2.24) is 4.90 Å². The summed E-state index contributed by atoms with van der Waals surface area (Å²) >= 11 is 1.80. The van der Waals surface area contributed by atoms with E-state index in [-0.39, 0.29) is 0 Å². The van der Waals surface area contributed by atoms with Gasteiger partial charge >= 0.3 is 0 Å². The molecule has 3 fully saturated rings. The Hall–Kier alpha value is -2.14. The van der Waals surface area contributed by atoms with Crippen LogP contribution in [-0.2, 0) is 31.9 Å². The fraction of sp³-hybridized carbons (Fsp3) is 0.484. The molecule has 3 aliphatic heterocycles. The van der Waals surface area contributed by atoms with Crippen molar-refractivity contribution >= 4 is 11.3 Å². The minimum Gasteiger partial charge on any atom is -0.387 e. The fourth-order valence-electron chi connectivity index (χ4n) is 5.69. The van der Waals surface area contributed by atoms with Gasteiger partial charge in [-0.1, -0.05) is 36.4 Å². The molecule has 1 unspecified atom stereocenters. The van der Waals surface area contributed by atoms with Gasteiger partial charge < -0.3 is 29.2 Å². The number of aliphatic hydroxyl groups is 2. The van der Waals surface area contributed by atoms with E-state index in [1.54, 1.807) is 25.2 Å². The van der Waals surface area contributed by atoms with Gasteiger partial charge in [0.1, 0.15) is 24.4 Å². The highest BCUT2D eigenvalue weighted by Gasteiger charge is 2.56. The Kier molecular flexibility index (Phi) is 7.65. The molecule has 8 heteroatoms. The molecule has 0 saturated carbocycles. The molecule has 3 aromatic rings. The summed E-state index contributed by atoms with van der Waals surface area (Å²) in [5, 5.41) is 22.0. The summed E-state index contributed by atoms with van der Waals surface area (Å²) in [5.41, 5.74) is 5.57. The van der Waals surface area contributed by atoms with Crippen molar-refractivity contribution in [3.05, 3.63) is 81.7 Å². The highest BCUT2D eigenvalue weighted by Crippen LogP contribution is 2.41. The average Bonchev–Trinajstić information content (AvgIpc) is 3.59. The van der Waals surface area contributed by atoms with E-state index in [1.807, 2.05) is 18.2 Å². The van der Waals surface area contributed by atoms with Crippen LogP contribution in [0.5, 0.6) is 0 Å². The fourth-order valence-corrected chi connectivity index (χ4v) is 6.72. The van der Waals surface area contributed by atoms with Crippen molar-refractivity contribution in [2.24, 2.45) is 0 Å². The predicted molar refractivity (Wildman–Crippen MR) is 150 cm³/mol. The van der Waals surface area contributed by atoms with Crippen LogP contribution in [0.4, 0.5) is 0 Å². The van der Waals surface area contributed by atoms with Gasteiger partial charge in [-0.05, 0) is 66.8 Å². The molecule has 0 amide bonds. The molecule has 1 aromatic heterocycles. The summed E-state index contributed by atoms with van der Waals surface area (Å²) in [4.78, 5) is 4.95. The maximum absolute atomic E-state index is 11.1. The normalized spacial score (nSPS) is 27.5. The number of thiophene rings is 1. The number of aliphatic hydroxyl groups excluding tert-OH is 2. The van der Waals surface area contributed by atoms with Gasteiger partial charge in [0, 0.05) is 35.8 Å². The Labute approximate surface area is 233 Å². The third kappa shape index (κ3) is 5.85. The molecule has 3 aliphatic rings. The summed E-state index contributed by atoms with van der Waals surface area (Å²) < 4.78 is 22.9. The van der Waals surface area contributed by atoms with Crippen LogP contribution in [0.15, 0.2) is 54.6 Å². The molecule has 3 saturated heterocycles. The minimum absolute atomic E-state index is 0.610. The standard InChI is InChI=1S/C31H37NO6S/c1-19-7-8-22(26(33)28-27(34)29-30(36-28)38-31(2,3)37-29)16-23(19)17-24-9-10-25(39-24)21-6-4-5-20(15-21)18-32-11-13-35-14-12-32/h4-10,15-16,26-30,33-34H,11-14,17-18H2,1-3H3/t26?,27-,28+,29+,30+/m1/s1. The van der Waals surface area contributed by atoms with E-state index in [4.69, 9.17) is 18.9 Å². The van der Waals surface area contributed by atoms with Crippen molar-refractivity contribution in [3.8, 4) is 10.4 Å². The molecule has 0 radical (unpaired) electrons. The van der Waals surface area contributed by atoms with Crippen LogP contribution in [0.1, 0.15) is 47.1 Å². The van der Waals surface area contributed by atoms with E-state index >= 15 is 0 Å². The molecule has 39 heavy (non-hydrogen) atoms. The van der Waals surface area contributed by atoms with Gasteiger partial charge in [0.15, 0.2) is 12.1 Å². The van der Waals surface area contributed by atoms with Crippen molar-refractivity contribution in [3.63, 3.8) is 0 Å². The first-order valence-electron chi connectivity index (χ1n) is 13.7. The quantitative estimate of drug-likeness (QED) is 0.450. The van der Waals surface area contributed by atoms with Crippen LogP contribution in [0.2, 0.25) is 0 Å². The number of aryl methyl sites for hydroxylation is 1. The Morgan fingerprint density at radius 3 is 2.67 bits per heavy atom. The Bertz CT molecular complexity index is 1300. The monoisotopic (exact) mass is 551 g/mol. The van der Waals surface area contributed by atoms with E-state index in [9.17, 15) is 10.2 Å². The third-order valence-corrected chi connectivity index (χ3v) is 8.96. The lowest BCUT2D eigenvalue weighted by molar-refractivity contribution is -0.226. The first-order valence-corrected chi connectivity index (χ1v) is 14.5. The minimum atomic E-state index is -0.992. The highest BCUT2D eigenvalue weighted by atomic mass is 32.1. The lowest BCUT2D eigenvalue weighted by Gasteiger charge is -2.26. The van der Waals surface area contributed by atoms with Crippen LogP contribution in [0.3, 0.4) is 0 Å². The molecule has 0 bridgehead atoms. The molecule has 0 aliphatic carbocycles. The topological polar surface area (TPSA) is 80.6 Å². The smallest absolute Gasteiger partial charge is 0.190 e. The number of fused-ring (bicyclic) bond motifs is 1. The Morgan fingerprint density at radius 2 is 1.87 bits per heavy atom. The van der Waals surface area contributed by atoms with Gasteiger partial charge in [-0.2, -0.15) is 0 Å². The second-order valence-electron chi connectivity index (χ2n) is 11.2. The lowest BCUT2D eigenvalue weighted by atomic mass is 9.94. The number of hydrogen-bond donors (Lipinski definition) is 2. The van der Waals surface area contributed by atoms with Crippen molar-refractivity contribution in [2.75, 3.05) is 26.3 Å². The van der Waals surface area contributed by atoms with E-state index < -0.39 is 36.5 Å². The maximum atomic E-state index is 11.1. The number of hydrogen-bond acceptors (Lipinski definition) is 8. The summed E-state index contributed by atoms with van der Waals surface area (Å²) in [6.45, 7) is 10.2. The van der Waals surface area contributed by atoms with Crippen LogP contribution in [0, 0.1) is 6.92 Å². The molecule has 5 atom stereocenters. The van der Waals surface area contributed by atoms with Gasteiger partial charge in [-0.15, -0.1) is 11.3 Å². The van der Waals surface area contributed by atoms with Crippen LogP contribution >= 0.6 is 11.3 Å². The maximum Gasteiger partial charge on any atom is 0.190 e. The SMILES string of the molecule is Cc1ccc(C(O)[C@@H]2O[C@H]3OC(C)(C)O[C@H]3[C@@H]2O)cc1Cc1ccc(-c2cccc(CN3CCOCC3)c2)s1. The summed E-state index contributed by atoms with van der Waals surface area (Å²) in [7, 11) is 0. The molecule has 208 valence electrons. The van der Waals surface area contributed by atoms with E-state index in [2.05, 4.69) is 48.2 Å². The average molecular weight is 552 g/mol. The first-order chi connectivity index (χ1) is 18.8. The summed E-state index contributed by atoms with van der Waals surface area (Å²) in [6, 6.07) is 19.2. The second-order valence-corrected chi connectivity index (χ2v) is 12.4. The molecular formula is C31H37NO6S. The van der Waals surface area contributed by atoms with Gasteiger partial charge in [0.05, 0.1) is 13.2 Å². The molecule has 0 spiro atoms. The van der Waals surface area contributed by atoms with E-state index in [0.29, 0.717) is 5.56 Å². The number of morpholine rings is 1. The zero-order valence-corrected chi connectivity index (χ0v) is 23.5. The third-order valence-electron chi connectivity index (χ3n) is 7.83. The Morgan fingerprint density at radius 1 is 1.05 bits per heavy atom. The van der Waals surface area contributed by atoms with Gasteiger partial charge in [0.25, 0.3) is 0 Å². The van der Waals surface area contributed by atoms with Gasteiger partial charge in [-0.3, -0.25) is 4.90 Å². The summed E-state index contributed by atoms with van der Waals surface area (Å²) in [6.07, 6.45) is -3.31. The highest BCUT2D eigenvalue weighted by molar-refractivity contribution is 7.15. The predicted octanol–water partition coefficient (Wildman–Crippen LogP) is 4.42. The molecule has 7 nitrogen and oxygen atoms in total. The lowest BCUT2D eigenvalue weighted by Crippen LogP contribution is -2.37. The Balaban J connectivity index is 1.14. The van der Waals surface area contributed by atoms with Crippen LogP contribution in [0.25, 0.3) is 10.4 Å². The second kappa shape index (κ2) is 11.0. The zero-order valence-electron chi connectivity index (χ0n) is 22.7. The van der Waals surface area contributed by atoms with Crippen molar-refractivity contribution < 1.29 is 29.2 Å². The van der Waals surface area contributed by atoms with Gasteiger partial charge in [-0.25, -0.2) is 0 Å². The number of rotatable bonds is 7. The molecule has 2 aromatic carbocycles. The zero-order chi connectivity index (χ0) is 27.1. The number of nitrogens with zero attached hydrogens (tertiary/aromatic N) is 1. The van der Waals surface area contributed by atoms with E-state index in [0.717, 1.165) is 50.4 Å². The largest absolute Gasteiger partial charge is 0.387 e. The first kappa shape index (κ1) is 27.1. The van der Waals surface area contributed by atoms with Gasteiger partial charge in [0.2, 0.25) is 0 Å². The number of benzene rings is 2. The van der Waals surface area contributed by atoms with Crippen LogP contribution in [-0.4, -0.2) is 71.8 Å². The summed E-state index contributed by atoms with van der Waals surface area (Å²) in [5.74, 6) is -0.813. The van der Waals surface area contributed by atoms with Crippen molar-refractivity contribution in [2.45, 2.75) is 70.2 Å². The molecule has 6 rings (SSSR count). The molecule has 4 heterocycles.